The quantitative estimate of drug-likeness (QED) is 0.754. The molecule has 1 fully saturated rings. The molecule has 0 aliphatic carbocycles. The van der Waals surface area contributed by atoms with Crippen LogP contribution in [0.15, 0.2) is 24.3 Å². The first-order chi connectivity index (χ1) is 7.70. The predicted molar refractivity (Wildman–Crippen MR) is 70.1 cm³/mol. The molecule has 0 aromatic heterocycles. The Balaban J connectivity index is 2.11. The minimum Gasteiger partial charge on any atom is -0.303 e. The van der Waals surface area contributed by atoms with E-state index in [0.29, 0.717) is 5.92 Å². The summed E-state index contributed by atoms with van der Waals surface area (Å²) in [7, 11) is 2.24. The number of halogens is 1. The minimum absolute atomic E-state index is 0.694. The predicted octanol–water partition coefficient (Wildman–Crippen LogP) is 3.93. The van der Waals surface area contributed by atoms with Gasteiger partial charge in [0.05, 0.1) is 0 Å². The highest BCUT2D eigenvalue weighted by atomic mass is 35.5. The summed E-state index contributed by atoms with van der Waals surface area (Å²) in [4.78, 5) is 2.49. The lowest BCUT2D eigenvalue weighted by molar-refractivity contribution is 0.164. The van der Waals surface area contributed by atoms with Crippen molar-refractivity contribution < 1.29 is 0 Å². The van der Waals surface area contributed by atoms with Gasteiger partial charge in [-0.25, -0.2) is 0 Å². The summed E-state index contributed by atoms with van der Waals surface area (Å²) in [5.41, 5.74) is 1.42. The zero-order valence-electron chi connectivity index (χ0n) is 10.1. The van der Waals surface area contributed by atoms with E-state index in [0.717, 1.165) is 11.1 Å². The van der Waals surface area contributed by atoms with Crippen LogP contribution in [0.1, 0.15) is 37.7 Å². The van der Waals surface area contributed by atoms with Gasteiger partial charge in [0, 0.05) is 11.1 Å². The first-order valence-electron chi connectivity index (χ1n) is 6.16. The largest absolute Gasteiger partial charge is 0.303 e. The van der Waals surface area contributed by atoms with Crippen LogP contribution >= 0.6 is 11.6 Å². The molecule has 1 saturated heterocycles. The lowest BCUT2D eigenvalue weighted by Gasteiger charge is -2.37. The fourth-order valence-electron chi connectivity index (χ4n) is 2.71. The average molecular weight is 238 g/mol. The summed E-state index contributed by atoms with van der Waals surface area (Å²) in [5, 5.41) is 0.865. The van der Waals surface area contributed by atoms with Gasteiger partial charge in [0.15, 0.2) is 0 Å². The van der Waals surface area contributed by atoms with Crippen LogP contribution in [-0.4, -0.2) is 24.5 Å². The van der Waals surface area contributed by atoms with Gasteiger partial charge >= 0.3 is 0 Å². The SMILES string of the molecule is CCC1CC(c2cccc(Cl)c2)CCN1C. The third-order valence-corrected chi connectivity index (χ3v) is 4.04. The highest BCUT2D eigenvalue weighted by molar-refractivity contribution is 6.30. The number of likely N-dealkylation sites (tertiary alicyclic amines) is 1. The maximum atomic E-state index is 6.05. The number of nitrogens with zero attached hydrogens (tertiary/aromatic N) is 1. The van der Waals surface area contributed by atoms with Gasteiger partial charge in [-0.1, -0.05) is 30.7 Å². The van der Waals surface area contributed by atoms with Gasteiger partial charge in [0.1, 0.15) is 0 Å². The Kier molecular flexibility index (Phi) is 3.88. The van der Waals surface area contributed by atoms with Crippen LogP contribution in [0.2, 0.25) is 5.02 Å². The van der Waals surface area contributed by atoms with Crippen LogP contribution in [0.3, 0.4) is 0 Å². The molecule has 1 aliphatic rings. The minimum atomic E-state index is 0.694. The van der Waals surface area contributed by atoms with Crippen molar-refractivity contribution in [2.75, 3.05) is 13.6 Å². The topological polar surface area (TPSA) is 3.24 Å². The molecule has 0 bridgehead atoms. The molecule has 2 heteroatoms. The lowest BCUT2D eigenvalue weighted by atomic mass is 9.85. The van der Waals surface area contributed by atoms with Crippen molar-refractivity contribution in [3.05, 3.63) is 34.9 Å². The van der Waals surface area contributed by atoms with Crippen molar-refractivity contribution in [1.29, 1.82) is 0 Å². The van der Waals surface area contributed by atoms with Gasteiger partial charge in [0.2, 0.25) is 0 Å². The summed E-state index contributed by atoms with van der Waals surface area (Å²) in [6, 6.07) is 9.10. The van der Waals surface area contributed by atoms with Gasteiger partial charge in [0.25, 0.3) is 0 Å². The van der Waals surface area contributed by atoms with Gasteiger partial charge in [-0.05, 0) is 56.5 Å². The maximum Gasteiger partial charge on any atom is 0.0408 e. The lowest BCUT2D eigenvalue weighted by Crippen LogP contribution is -2.38. The molecule has 0 amide bonds. The molecule has 0 saturated carbocycles. The number of hydrogen-bond acceptors (Lipinski definition) is 1. The Labute approximate surface area is 103 Å². The second-order valence-corrected chi connectivity index (χ2v) is 5.26. The van der Waals surface area contributed by atoms with Crippen molar-refractivity contribution in [1.82, 2.24) is 4.90 Å². The second-order valence-electron chi connectivity index (χ2n) is 4.82. The Morgan fingerprint density at radius 2 is 2.25 bits per heavy atom. The van der Waals surface area contributed by atoms with E-state index in [1.807, 2.05) is 6.07 Å². The molecule has 0 radical (unpaired) electrons. The standard InChI is InChI=1S/C14H20ClN/c1-3-14-10-12(7-8-16(14)2)11-5-4-6-13(15)9-11/h4-6,9,12,14H,3,7-8,10H2,1-2H3. The van der Waals surface area contributed by atoms with Crippen molar-refractivity contribution in [2.45, 2.75) is 38.1 Å². The van der Waals surface area contributed by atoms with E-state index in [4.69, 9.17) is 11.6 Å². The third kappa shape index (κ3) is 2.58. The van der Waals surface area contributed by atoms with E-state index in [1.54, 1.807) is 0 Å². The smallest absolute Gasteiger partial charge is 0.0408 e. The van der Waals surface area contributed by atoms with Crippen LogP contribution in [0.25, 0.3) is 0 Å². The zero-order valence-corrected chi connectivity index (χ0v) is 10.9. The summed E-state index contributed by atoms with van der Waals surface area (Å²) < 4.78 is 0. The molecule has 2 unspecified atom stereocenters. The first kappa shape index (κ1) is 11.9. The molecule has 2 rings (SSSR count). The molecular weight excluding hydrogens is 218 g/mol. The highest BCUT2D eigenvalue weighted by Gasteiger charge is 2.25. The maximum absolute atomic E-state index is 6.05. The molecule has 1 aliphatic heterocycles. The normalized spacial score (nSPS) is 26.9. The first-order valence-corrected chi connectivity index (χ1v) is 6.54. The number of piperidine rings is 1. The van der Waals surface area contributed by atoms with E-state index in [2.05, 4.69) is 37.1 Å². The molecule has 1 aromatic rings. The molecule has 1 aromatic carbocycles. The summed E-state index contributed by atoms with van der Waals surface area (Å²) in [5.74, 6) is 0.694. The average Bonchev–Trinajstić information content (AvgIpc) is 2.29. The third-order valence-electron chi connectivity index (χ3n) is 3.80. The molecular formula is C14H20ClN. The van der Waals surface area contributed by atoms with Crippen LogP contribution in [0.5, 0.6) is 0 Å². The molecule has 88 valence electrons. The van der Waals surface area contributed by atoms with E-state index < -0.39 is 0 Å². The molecule has 0 N–H and O–H groups in total. The van der Waals surface area contributed by atoms with Gasteiger partial charge in [-0.3, -0.25) is 0 Å². The van der Waals surface area contributed by atoms with E-state index in [9.17, 15) is 0 Å². The Bertz CT molecular complexity index is 350. The molecule has 2 atom stereocenters. The van der Waals surface area contributed by atoms with Gasteiger partial charge in [-0.2, -0.15) is 0 Å². The van der Waals surface area contributed by atoms with E-state index >= 15 is 0 Å². The van der Waals surface area contributed by atoms with Crippen molar-refractivity contribution in [3.8, 4) is 0 Å². The summed E-state index contributed by atoms with van der Waals surface area (Å²) >= 11 is 6.05. The molecule has 16 heavy (non-hydrogen) atoms. The number of hydrogen-bond donors (Lipinski definition) is 0. The monoisotopic (exact) mass is 237 g/mol. The van der Waals surface area contributed by atoms with Crippen molar-refractivity contribution in [3.63, 3.8) is 0 Å². The van der Waals surface area contributed by atoms with Gasteiger partial charge in [-0.15, -0.1) is 0 Å². The summed E-state index contributed by atoms with van der Waals surface area (Å²) in [6.45, 7) is 3.48. The van der Waals surface area contributed by atoms with Gasteiger partial charge < -0.3 is 4.90 Å². The molecule has 1 heterocycles. The van der Waals surface area contributed by atoms with Crippen molar-refractivity contribution >= 4 is 11.6 Å². The Hall–Kier alpha value is -0.530. The number of benzene rings is 1. The zero-order chi connectivity index (χ0) is 11.5. The number of rotatable bonds is 2. The summed E-state index contributed by atoms with van der Waals surface area (Å²) in [6.07, 6.45) is 3.77. The van der Waals surface area contributed by atoms with Crippen LogP contribution in [0, 0.1) is 0 Å². The van der Waals surface area contributed by atoms with Crippen LogP contribution < -0.4 is 0 Å². The fraction of sp³-hybridized carbons (Fsp3) is 0.571. The molecule has 0 spiro atoms. The second kappa shape index (κ2) is 5.20. The Morgan fingerprint density at radius 1 is 1.44 bits per heavy atom. The Morgan fingerprint density at radius 3 is 2.94 bits per heavy atom. The fourth-order valence-corrected chi connectivity index (χ4v) is 2.91. The van der Waals surface area contributed by atoms with Crippen LogP contribution in [0.4, 0.5) is 0 Å². The van der Waals surface area contributed by atoms with Crippen molar-refractivity contribution in [2.24, 2.45) is 0 Å². The highest BCUT2D eigenvalue weighted by Crippen LogP contribution is 2.32. The van der Waals surface area contributed by atoms with Crippen LogP contribution in [-0.2, 0) is 0 Å². The van der Waals surface area contributed by atoms with E-state index in [1.165, 1.54) is 31.4 Å². The molecule has 1 nitrogen and oxygen atoms in total. The van der Waals surface area contributed by atoms with E-state index in [-0.39, 0.29) is 0 Å².